The van der Waals surface area contributed by atoms with E-state index in [2.05, 4.69) is 27.4 Å². The van der Waals surface area contributed by atoms with Crippen LogP contribution in [0, 0.1) is 0 Å². The quantitative estimate of drug-likeness (QED) is 0.724. The van der Waals surface area contributed by atoms with Gasteiger partial charge < -0.3 is 4.74 Å². The van der Waals surface area contributed by atoms with Crippen LogP contribution in [-0.4, -0.2) is 7.11 Å². The lowest BCUT2D eigenvalue weighted by Crippen LogP contribution is -1.81. The second-order valence-corrected chi connectivity index (χ2v) is 3.98. The van der Waals surface area contributed by atoms with Crippen LogP contribution in [0.15, 0.2) is 15.2 Å². The molecule has 3 heteroatoms. The minimum absolute atomic E-state index is 0.710. The highest BCUT2D eigenvalue weighted by Gasteiger charge is 1.93. The molecule has 0 saturated carbocycles. The first kappa shape index (κ1) is 7.25. The fraction of sp³-hybridized carbons (Fsp3) is 0.333. The van der Waals surface area contributed by atoms with E-state index >= 15 is 0 Å². The van der Waals surface area contributed by atoms with Crippen LogP contribution < -0.4 is 0 Å². The Morgan fingerprint density at radius 2 is 2.56 bits per heavy atom. The molecule has 9 heavy (non-hydrogen) atoms. The Kier molecular flexibility index (Phi) is 2.69. The van der Waals surface area contributed by atoms with E-state index in [-0.39, 0.29) is 0 Å². The summed E-state index contributed by atoms with van der Waals surface area (Å²) in [5, 5.41) is 2.08. The fourth-order valence-corrected chi connectivity index (χ4v) is 1.78. The van der Waals surface area contributed by atoms with Crippen molar-refractivity contribution in [3.63, 3.8) is 0 Å². The zero-order chi connectivity index (χ0) is 6.69. The first-order chi connectivity index (χ1) is 4.33. The highest BCUT2D eigenvalue weighted by molar-refractivity contribution is 9.11. The molecule has 0 N–H and O–H groups in total. The van der Waals surface area contributed by atoms with Crippen molar-refractivity contribution in [3.8, 4) is 0 Å². The third-order valence-corrected chi connectivity index (χ3v) is 2.49. The number of rotatable bonds is 2. The molecule has 0 spiro atoms. The van der Waals surface area contributed by atoms with Crippen LogP contribution in [0.25, 0.3) is 0 Å². The van der Waals surface area contributed by atoms with Crippen LogP contribution in [0.3, 0.4) is 0 Å². The summed E-state index contributed by atoms with van der Waals surface area (Å²) < 4.78 is 6.09. The zero-order valence-corrected chi connectivity index (χ0v) is 7.46. The normalized spacial score (nSPS) is 10.0. The van der Waals surface area contributed by atoms with E-state index in [0.29, 0.717) is 6.61 Å². The molecule has 1 aromatic heterocycles. The van der Waals surface area contributed by atoms with E-state index in [9.17, 15) is 0 Å². The van der Waals surface area contributed by atoms with Crippen molar-refractivity contribution in [3.05, 3.63) is 20.8 Å². The van der Waals surface area contributed by atoms with Crippen LogP contribution >= 0.6 is 27.3 Å². The highest BCUT2D eigenvalue weighted by atomic mass is 79.9. The predicted molar refractivity (Wildman–Crippen MR) is 42.7 cm³/mol. The Hall–Kier alpha value is 0.140. The zero-order valence-electron chi connectivity index (χ0n) is 5.06. The molecule has 1 aromatic rings. The summed E-state index contributed by atoms with van der Waals surface area (Å²) >= 11 is 5.05. The van der Waals surface area contributed by atoms with Crippen LogP contribution in [0.5, 0.6) is 0 Å². The van der Waals surface area contributed by atoms with E-state index in [1.165, 1.54) is 5.56 Å². The van der Waals surface area contributed by atoms with Crippen LogP contribution in [0.2, 0.25) is 0 Å². The molecule has 0 aliphatic heterocycles. The standard InChI is InChI=1S/C6H7BrOS/c1-8-3-5-2-6(7)9-4-5/h2,4H,3H2,1H3. The summed E-state index contributed by atoms with van der Waals surface area (Å²) in [6.07, 6.45) is 0. The molecule has 0 aromatic carbocycles. The summed E-state index contributed by atoms with van der Waals surface area (Å²) in [6, 6.07) is 2.06. The maximum absolute atomic E-state index is 4.93. The Balaban J connectivity index is 2.61. The molecule has 1 nitrogen and oxygen atoms in total. The Morgan fingerprint density at radius 3 is 3.00 bits per heavy atom. The number of ether oxygens (including phenoxy) is 1. The maximum atomic E-state index is 4.93. The van der Waals surface area contributed by atoms with E-state index in [0.717, 1.165) is 3.79 Å². The van der Waals surface area contributed by atoms with Crippen molar-refractivity contribution in [1.29, 1.82) is 0 Å². The van der Waals surface area contributed by atoms with E-state index < -0.39 is 0 Å². The lowest BCUT2D eigenvalue weighted by Gasteiger charge is -1.89. The van der Waals surface area contributed by atoms with Gasteiger partial charge in [-0.1, -0.05) is 0 Å². The molecule has 1 heterocycles. The lowest BCUT2D eigenvalue weighted by atomic mass is 10.4. The van der Waals surface area contributed by atoms with Crippen LogP contribution in [0.4, 0.5) is 0 Å². The molecule has 0 amide bonds. The highest BCUT2D eigenvalue weighted by Crippen LogP contribution is 2.20. The third kappa shape index (κ3) is 2.08. The number of hydrogen-bond acceptors (Lipinski definition) is 2. The smallest absolute Gasteiger partial charge is 0.0721 e. The van der Waals surface area contributed by atoms with E-state index in [1.807, 2.05) is 0 Å². The van der Waals surface area contributed by atoms with Crippen LogP contribution in [-0.2, 0) is 11.3 Å². The van der Waals surface area contributed by atoms with Crippen molar-refractivity contribution in [2.45, 2.75) is 6.61 Å². The van der Waals surface area contributed by atoms with Crippen molar-refractivity contribution < 1.29 is 4.74 Å². The molecule has 1 rings (SSSR count). The number of halogens is 1. The fourth-order valence-electron chi connectivity index (χ4n) is 0.588. The predicted octanol–water partition coefficient (Wildman–Crippen LogP) is 2.66. The number of methoxy groups -OCH3 is 1. The monoisotopic (exact) mass is 206 g/mol. The minimum atomic E-state index is 0.710. The third-order valence-electron chi connectivity index (χ3n) is 0.933. The van der Waals surface area contributed by atoms with E-state index in [1.54, 1.807) is 18.4 Å². The Bertz CT molecular complexity index is 185. The first-order valence-electron chi connectivity index (χ1n) is 2.55. The summed E-state index contributed by atoms with van der Waals surface area (Å²) in [4.78, 5) is 0. The first-order valence-corrected chi connectivity index (χ1v) is 4.22. The molecule has 0 atom stereocenters. The van der Waals surface area contributed by atoms with Crippen molar-refractivity contribution in [2.24, 2.45) is 0 Å². The lowest BCUT2D eigenvalue weighted by molar-refractivity contribution is 0.185. The van der Waals surface area contributed by atoms with Crippen molar-refractivity contribution >= 4 is 27.3 Å². The Morgan fingerprint density at radius 1 is 1.78 bits per heavy atom. The van der Waals surface area contributed by atoms with Crippen molar-refractivity contribution in [1.82, 2.24) is 0 Å². The molecule has 0 aliphatic carbocycles. The molecule has 0 aliphatic rings. The van der Waals surface area contributed by atoms with Gasteiger partial charge in [-0.2, -0.15) is 0 Å². The maximum Gasteiger partial charge on any atom is 0.0721 e. The topological polar surface area (TPSA) is 9.23 Å². The average molecular weight is 207 g/mol. The van der Waals surface area contributed by atoms with Gasteiger partial charge in [-0.05, 0) is 32.9 Å². The van der Waals surface area contributed by atoms with Gasteiger partial charge in [0.15, 0.2) is 0 Å². The largest absolute Gasteiger partial charge is 0.380 e. The summed E-state index contributed by atoms with van der Waals surface area (Å²) in [7, 11) is 1.70. The van der Waals surface area contributed by atoms with Gasteiger partial charge >= 0.3 is 0 Å². The van der Waals surface area contributed by atoms with Gasteiger partial charge in [0.2, 0.25) is 0 Å². The van der Waals surface area contributed by atoms with Crippen LogP contribution in [0.1, 0.15) is 5.56 Å². The number of thiophene rings is 1. The molecule has 0 unspecified atom stereocenters. The van der Waals surface area contributed by atoms with Gasteiger partial charge in [0.25, 0.3) is 0 Å². The van der Waals surface area contributed by atoms with E-state index in [4.69, 9.17) is 4.74 Å². The summed E-state index contributed by atoms with van der Waals surface area (Å²) in [6.45, 7) is 0.710. The molecule has 0 fully saturated rings. The second-order valence-electron chi connectivity index (χ2n) is 1.69. The number of hydrogen-bond donors (Lipinski definition) is 0. The van der Waals surface area contributed by atoms with Crippen molar-refractivity contribution in [2.75, 3.05) is 7.11 Å². The Labute approximate surface area is 66.8 Å². The second kappa shape index (κ2) is 3.34. The molecular weight excluding hydrogens is 200 g/mol. The van der Waals surface area contributed by atoms with Gasteiger partial charge in [0.05, 0.1) is 10.4 Å². The van der Waals surface area contributed by atoms with Gasteiger partial charge in [-0.3, -0.25) is 0 Å². The summed E-state index contributed by atoms with van der Waals surface area (Å²) in [5.41, 5.74) is 1.23. The average Bonchev–Trinajstić information content (AvgIpc) is 2.17. The molecule has 0 radical (unpaired) electrons. The molecular formula is C6H7BrOS. The van der Waals surface area contributed by atoms with Gasteiger partial charge in [-0.15, -0.1) is 11.3 Å². The van der Waals surface area contributed by atoms with Gasteiger partial charge in [0, 0.05) is 7.11 Å². The minimum Gasteiger partial charge on any atom is -0.380 e. The summed E-state index contributed by atoms with van der Waals surface area (Å²) in [5.74, 6) is 0. The molecule has 50 valence electrons. The SMILES string of the molecule is COCc1csc(Br)c1. The van der Waals surface area contributed by atoms with Gasteiger partial charge in [-0.25, -0.2) is 0 Å². The van der Waals surface area contributed by atoms with Gasteiger partial charge in [0.1, 0.15) is 0 Å². The molecule has 0 saturated heterocycles. The molecule has 0 bridgehead atoms.